The first kappa shape index (κ1) is 7.76. The number of nitrogens with zero attached hydrogens (tertiary/aromatic N) is 1. The molecule has 0 radical (unpaired) electrons. The highest BCUT2D eigenvalue weighted by molar-refractivity contribution is 9.10. The lowest BCUT2D eigenvalue weighted by molar-refractivity contribution is 1.06. The van der Waals surface area contributed by atoms with Gasteiger partial charge in [-0.2, -0.15) is 5.10 Å². The van der Waals surface area contributed by atoms with E-state index < -0.39 is 0 Å². The van der Waals surface area contributed by atoms with Crippen LogP contribution in [-0.4, -0.2) is 10.2 Å². The SMILES string of the molecule is NCc1cc2[nH]ncc2cc1Br. The minimum atomic E-state index is 0.537. The minimum Gasteiger partial charge on any atom is -0.326 e. The Morgan fingerprint density at radius 1 is 1.50 bits per heavy atom. The average Bonchev–Trinajstić information content (AvgIpc) is 2.49. The number of rotatable bonds is 1. The number of nitrogens with one attached hydrogen (secondary N) is 1. The van der Waals surface area contributed by atoms with E-state index in [1.165, 1.54) is 0 Å². The van der Waals surface area contributed by atoms with E-state index >= 15 is 0 Å². The Labute approximate surface area is 78.1 Å². The minimum absolute atomic E-state index is 0.537. The van der Waals surface area contributed by atoms with E-state index in [4.69, 9.17) is 5.73 Å². The molecule has 1 aromatic carbocycles. The highest BCUT2D eigenvalue weighted by Crippen LogP contribution is 2.22. The lowest BCUT2D eigenvalue weighted by Gasteiger charge is -1.99. The van der Waals surface area contributed by atoms with E-state index in [0.29, 0.717) is 6.54 Å². The molecule has 0 unspecified atom stereocenters. The summed E-state index contributed by atoms with van der Waals surface area (Å²) in [6.07, 6.45) is 1.79. The highest BCUT2D eigenvalue weighted by Gasteiger charge is 2.01. The first-order valence-corrected chi connectivity index (χ1v) is 4.42. The number of halogens is 1. The van der Waals surface area contributed by atoms with Crippen molar-refractivity contribution in [1.82, 2.24) is 10.2 Å². The van der Waals surface area contributed by atoms with Gasteiger partial charge in [0.15, 0.2) is 0 Å². The Bertz CT molecular complexity index is 408. The van der Waals surface area contributed by atoms with E-state index in [1.54, 1.807) is 6.20 Å². The van der Waals surface area contributed by atoms with Crippen molar-refractivity contribution in [3.63, 3.8) is 0 Å². The molecule has 1 heterocycles. The van der Waals surface area contributed by atoms with Crippen molar-refractivity contribution in [3.05, 3.63) is 28.4 Å². The molecule has 3 nitrogen and oxygen atoms in total. The molecule has 0 aliphatic carbocycles. The molecule has 62 valence electrons. The van der Waals surface area contributed by atoms with Crippen molar-refractivity contribution in [2.45, 2.75) is 6.54 Å². The largest absolute Gasteiger partial charge is 0.326 e. The second-order valence-corrected chi connectivity index (χ2v) is 3.46. The van der Waals surface area contributed by atoms with Crippen LogP contribution >= 0.6 is 15.9 Å². The van der Waals surface area contributed by atoms with Crippen molar-refractivity contribution in [1.29, 1.82) is 0 Å². The zero-order chi connectivity index (χ0) is 8.55. The van der Waals surface area contributed by atoms with Gasteiger partial charge in [0, 0.05) is 16.4 Å². The van der Waals surface area contributed by atoms with Crippen LogP contribution in [0.15, 0.2) is 22.8 Å². The van der Waals surface area contributed by atoms with Gasteiger partial charge in [-0.05, 0) is 17.7 Å². The van der Waals surface area contributed by atoms with Gasteiger partial charge in [0.1, 0.15) is 0 Å². The maximum atomic E-state index is 5.55. The topological polar surface area (TPSA) is 54.7 Å². The van der Waals surface area contributed by atoms with Crippen LogP contribution in [0.25, 0.3) is 10.9 Å². The maximum absolute atomic E-state index is 5.55. The standard InChI is InChI=1S/C8H8BrN3/c9-7-1-6-4-11-12-8(6)2-5(7)3-10/h1-2,4H,3,10H2,(H,11,12). The van der Waals surface area contributed by atoms with Gasteiger partial charge in [0.2, 0.25) is 0 Å². The molecular weight excluding hydrogens is 218 g/mol. The number of fused-ring (bicyclic) bond motifs is 1. The predicted molar refractivity (Wildman–Crippen MR) is 51.7 cm³/mol. The number of H-pyrrole nitrogens is 1. The maximum Gasteiger partial charge on any atom is 0.0654 e. The monoisotopic (exact) mass is 225 g/mol. The number of hydrogen-bond donors (Lipinski definition) is 2. The van der Waals surface area contributed by atoms with Crippen LogP contribution in [0.3, 0.4) is 0 Å². The molecule has 1 aromatic heterocycles. The normalized spacial score (nSPS) is 10.8. The predicted octanol–water partition coefficient (Wildman–Crippen LogP) is 1.78. The Kier molecular flexibility index (Phi) is 1.86. The molecule has 0 spiro atoms. The van der Waals surface area contributed by atoms with Crippen LogP contribution in [0.2, 0.25) is 0 Å². The van der Waals surface area contributed by atoms with Gasteiger partial charge in [0.05, 0.1) is 11.7 Å². The molecule has 0 bridgehead atoms. The summed E-state index contributed by atoms with van der Waals surface area (Å²) in [6, 6.07) is 4.02. The third-order valence-electron chi connectivity index (χ3n) is 1.83. The zero-order valence-corrected chi connectivity index (χ0v) is 7.93. The molecule has 0 amide bonds. The molecule has 3 N–H and O–H groups in total. The molecular formula is C8H8BrN3. The van der Waals surface area contributed by atoms with Crippen LogP contribution in [0.5, 0.6) is 0 Å². The van der Waals surface area contributed by atoms with Crippen molar-refractivity contribution < 1.29 is 0 Å². The Morgan fingerprint density at radius 2 is 2.33 bits per heavy atom. The van der Waals surface area contributed by atoms with Crippen molar-refractivity contribution >= 4 is 26.8 Å². The molecule has 0 saturated heterocycles. The molecule has 12 heavy (non-hydrogen) atoms. The lowest BCUT2D eigenvalue weighted by Crippen LogP contribution is -1.96. The fourth-order valence-corrected chi connectivity index (χ4v) is 1.69. The summed E-state index contributed by atoms with van der Waals surface area (Å²) < 4.78 is 1.04. The van der Waals surface area contributed by atoms with Crippen molar-refractivity contribution in [2.24, 2.45) is 5.73 Å². The van der Waals surface area contributed by atoms with Crippen molar-refractivity contribution in [2.75, 3.05) is 0 Å². The second kappa shape index (κ2) is 2.88. The fourth-order valence-electron chi connectivity index (χ4n) is 1.16. The molecule has 2 aromatic rings. The van der Waals surface area contributed by atoms with E-state index in [-0.39, 0.29) is 0 Å². The summed E-state index contributed by atoms with van der Waals surface area (Å²) in [4.78, 5) is 0. The van der Waals surface area contributed by atoms with E-state index in [2.05, 4.69) is 26.1 Å². The van der Waals surface area contributed by atoms with Gasteiger partial charge in [-0.3, -0.25) is 5.10 Å². The van der Waals surface area contributed by atoms with Crippen molar-refractivity contribution in [3.8, 4) is 0 Å². The number of benzene rings is 1. The quantitative estimate of drug-likeness (QED) is 0.778. The van der Waals surface area contributed by atoms with Gasteiger partial charge in [-0.15, -0.1) is 0 Å². The summed E-state index contributed by atoms with van der Waals surface area (Å²) in [5, 5.41) is 7.92. The third-order valence-corrected chi connectivity index (χ3v) is 2.57. The molecule has 0 aliphatic heterocycles. The summed E-state index contributed by atoms with van der Waals surface area (Å²) in [6.45, 7) is 0.537. The molecule has 0 saturated carbocycles. The van der Waals surface area contributed by atoms with Gasteiger partial charge in [-0.1, -0.05) is 15.9 Å². The van der Waals surface area contributed by atoms with Gasteiger partial charge >= 0.3 is 0 Å². The van der Waals surface area contributed by atoms with Crippen LogP contribution < -0.4 is 5.73 Å². The number of aromatic nitrogens is 2. The Balaban J connectivity index is 2.73. The van der Waals surface area contributed by atoms with E-state index in [9.17, 15) is 0 Å². The average molecular weight is 226 g/mol. The molecule has 0 fully saturated rings. The summed E-state index contributed by atoms with van der Waals surface area (Å²) in [5.74, 6) is 0. The van der Waals surface area contributed by atoms with Crippen LogP contribution in [0.4, 0.5) is 0 Å². The number of aromatic amines is 1. The summed E-state index contributed by atoms with van der Waals surface area (Å²) in [7, 11) is 0. The first-order chi connectivity index (χ1) is 5.81. The van der Waals surface area contributed by atoms with E-state index in [1.807, 2.05) is 12.1 Å². The summed E-state index contributed by atoms with van der Waals surface area (Å²) >= 11 is 3.44. The fraction of sp³-hybridized carbons (Fsp3) is 0.125. The van der Waals surface area contributed by atoms with E-state index in [0.717, 1.165) is 20.9 Å². The number of nitrogens with two attached hydrogens (primary N) is 1. The van der Waals surface area contributed by atoms with Gasteiger partial charge < -0.3 is 5.73 Å². The third kappa shape index (κ3) is 1.13. The van der Waals surface area contributed by atoms with Crippen LogP contribution in [0.1, 0.15) is 5.56 Å². The summed E-state index contributed by atoms with van der Waals surface area (Å²) in [5.41, 5.74) is 7.66. The molecule has 0 atom stereocenters. The van der Waals surface area contributed by atoms with Crippen LogP contribution in [0, 0.1) is 0 Å². The van der Waals surface area contributed by atoms with Gasteiger partial charge in [0.25, 0.3) is 0 Å². The second-order valence-electron chi connectivity index (χ2n) is 2.60. The lowest BCUT2D eigenvalue weighted by atomic mass is 10.2. The molecule has 4 heteroatoms. The van der Waals surface area contributed by atoms with Gasteiger partial charge in [-0.25, -0.2) is 0 Å². The smallest absolute Gasteiger partial charge is 0.0654 e. The highest BCUT2D eigenvalue weighted by atomic mass is 79.9. The zero-order valence-electron chi connectivity index (χ0n) is 6.34. The Hall–Kier alpha value is -0.870. The molecule has 0 aliphatic rings. The Morgan fingerprint density at radius 3 is 3.08 bits per heavy atom. The molecule has 2 rings (SSSR count). The number of hydrogen-bond acceptors (Lipinski definition) is 2. The van der Waals surface area contributed by atoms with Crippen LogP contribution in [-0.2, 0) is 6.54 Å². The first-order valence-electron chi connectivity index (χ1n) is 3.63.